The fourth-order valence-electron chi connectivity index (χ4n) is 2.86. The van der Waals surface area contributed by atoms with Crippen LogP contribution in [0.4, 0.5) is 0 Å². The van der Waals surface area contributed by atoms with E-state index in [9.17, 15) is 13.2 Å². The van der Waals surface area contributed by atoms with Gasteiger partial charge in [-0.15, -0.1) is 11.3 Å². The van der Waals surface area contributed by atoms with Gasteiger partial charge in [-0.25, -0.2) is 8.42 Å². The smallest absolute Gasteiger partial charge is 0.252 e. The van der Waals surface area contributed by atoms with Crippen LogP contribution in [0.5, 0.6) is 0 Å². The molecule has 1 unspecified atom stereocenters. The van der Waals surface area contributed by atoms with Crippen LogP contribution in [0.25, 0.3) is 0 Å². The zero-order valence-corrected chi connectivity index (χ0v) is 13.9. The number of carbonyl (C=O) groups excluding carboxylic acids is 1. The summed E-state index contributed by atoms with van der Waals surface area (Å²) in [4.78, 5) is 12.0. The molecule has 3 heterocycles. The lowest BCUT2D eigenvalue weighted by molar-refractivity contribution is -0.131. The molecule has 22 heavy (non-hydrogen) atoms. The van der Waals surface area contributed by atoms with Crippen molar-refractivity contribution in [3.05, 3.63) is 17.5 Å². The normalized spacial score (nSPS) is 24.5. The van der Waals surface area contributed by atoms with Gasteiger partial charge in [0.15, 0.2) is 0 Å². The predicted octanol–water partition coefficient (Wildman–Crippen LogP) is 1.20. The van der Waals surface area contributed by atoms with Crippen molar-refractivity contribution in [1.82, 2.24) is 9.62 Å². The first kappa shape index (κ1) is 15.9. The van der Waals surface area contributed by atoms with Gasteiger partial charge in [0.25, 0.3) is 10.0 Å². The lowest BCUT2D eigenvalue weighted by atomic mass is 10.1. The third-order valence-corrected chi connectivity index (χ3v) is 7.38. The van der Waals surface area contributed by atoms with Crippen LogP contribution in [0.3, 0.4) is 0 Å². The highest BCUT2D eigenvalue weighted by molar-refractivity contribution is 7.91. The number of thiophene rings is 1. The Labute approximate surface area is 134 Å². The van der Waals surface area contributed by atoms with Crippen LogP contribution in [-0.4, -0.2) is 50.5 Å². The first-order valence-electron chi connectivity index (χ1n) is 7.53. The number of ether oxygens (including phenoxy) is 1. The van der Waals surface area contributed by atoms with Crippen molar-refractivity contribution in [2.24, 2.45) is 0 Å². The fourth-order valence-corrected chi connectivity index (χ4v) is 5.47. The molecule has 8 heteroatoms. The number of sulfonamides is 1. The summed E-state index contributed by atoms with van der Waals surface area (Å²) in [5.74, 6) is -0.0583. The molecule has 0 spiro atoms. The summed E-state index contributed by atoms with van der Waals surface area (Å²) in [5.41, 5.74) is 0. The molecule has 2 aliphatic heterocycles. The van der Waals surface area contributed by atoms with Gasteiger partial charge in [-0.2, -0.15) is 4.31 Å². The molecule has 3 rings (SSSR count). The number of nitrogens with zero attached hydrogens (tertiary/aromatic N) is 1. The van der Waals surface area contributed by atoms with Crippen molar-refractivity contribution in [1.29, 1.82) is 0 Å². The van der Waals surface area contributed by atoms with Gasteiger partial charge in [0.2, 0.25) is 5.91 Å². The van der Waals surface area contributed by atoms with Gasteiger partial charge in [0, 0.05) is 25.7 Å². The maximum atomic E-state index is 12.4. The summed E-state index contributed by atoms with van der Waals surface area (Å²) in [6.07, 6.45) is 2.66. The minimum atomic E-state index is -3.37. The van der Waals surface area contributed by atoms with Crippen LogP contribution in [0, 0.1) is 0 Å². The Balaban J connectivity index is 1.53. The molecule has 1 aromatic rings. The first-order valence-corrected chi connectivity index (χ1v) is 9.85. The third-order valence-electron chi connectivity index (χ3n) is 4.11. The number of hydrogen-bond acceptors (Lipinski definition) is 5. The Morgan fingerprint density at radius 3 is 2.68 bits per heavy atom. The minimum absolute atomic E-state index is 0.0338. The fraction of sp³-hybridized carbons (Fsp3) is 0.643. The summed E-state index contributed by atoms with van der Waals surface area (Å²) < 4.78 is 32.1. The highest BCUT2D eigenvalue weighted by Crippen LogP contribution is 2.24. The van der Waals surface area contributed by atoms with Crippen LogP contribution >= 0.6 is 11.3 Å². The molecule has 0 radical (unpaired) electrons. The molecule has 0 aromatic carbocycles. The van der Waals surface area contributed by atoms with Crippen LogP contribution in [-0.2, 0) is 19.6 Å². The van der Waals surface area contributed by atoms with Crippen molar-refractivity contribution >= 4 is 27.3 Å². The second kappa shape index (κ2) is 6.66. The largest absolute Gasteiger partial charge is 0.368 e. The van der Waals surface area contributed by atoms with E-state index in [4.69, 9.17) is 4.74 Å². The molecule has 2 fully saturated rings. The molecule has 2 aliphatic rings. The molecular weight excluding hydrogens is 324 g/mol. The Morgan fingerprint density at radius 1 is 1.32 bits per heavy atom. The Kier molecular flexibility index (Phi) is 4.82. The van der Waals surface area contributed by atoms with Gasteiger partial charge in [0.1, 0.15) is 10.3 Å². The quantitative estimate of drug-likeness (QED) is 0.890. The van der Waals surface area contributed by atoms with Crippen LogP contribution in [0.15, 0.2) is 21.7 Å². The van der Waals surface area contributed by atoms with Gasteiger partial charge in [-0.05, 0) is 37.1 Å². The molecule has 1 amide bonds. The standard InChI is InChI=1S/C14H20N2O4S2/c17-14(12-3-1-9-20-12)15-11-5-7-16(8-6-11)22(18,19)13-4-2-10-21-13/h2,4,10-12H,1,3,5-9H2,(H,15,17). The highest BCUT2D eigenvalue weighted by Gasteiger charge is 2.32. The molecule has 0 saturated carbocycles. The highest BCUT2D eigenvalue weighted by atomic mass is 32.2. The Morgan fingerprint density at radius 2 is 2.09 bits per heavy atom. The topological polar surface area (TPSA) is 75.7 Å². The zero-order valence-electron chi connectivity index (χ0n) is 12.2. The van der Waals surface area contributed by atoms with Gasteiger partial charge in [-0.1, -0.05) is 6.07 Å². The van der Waals surface area contributed by atoms with Crippen molar-refractivity contribution in [3.8, 4) is 0 Å². The van der Waals surface area contributed by atoms with Crippen LogP contribution in [0.2, 0.25) is 0 Å². The monoisotopic (exact) mass is 344 g/mol. The number of rotatable bonds is 4. The summed E-state index contributed by atoms with van der Waals surface area (Å²) in [6.45, 7) is 1.53. The van der Waals surface area contributed by atoms with Gasteiger partial charge >= 0.3 is 0 Å². The van der Waals surface area contributed by atoms with Gasteiger partial charge in [-0.3, -0.25) is 4.79 Å². The zero-order chi connectivity index (χ0) is 15.6. The molecule has 0 bridgehead atoms. The summed E-state index contributed by atoms with van der Waals surface area (Å²) in [6, 6.07) is 3.41. The molecule has 1 atom stereocenters. The van der Waals surface area contributed by atoms with Crippen LogP contribution in [0.1, 0.15) is 25.7 Å². The maximum absolute atomic E-state index is 12.4. The third kappa shape index (κ3) is 3.34. The predicted molar refractivity (Wildman–Crippen MR) is 83.2 cm³/mol. The molecule has 0 aliphatic carbocycles. The van der Waals surface area contributed by atoms with E-state index in [1.54, 1.807) is 17.5 Å². The Bertz CT molecular complexity index is 601. The van der Waals surface area contributed by atoms with E-state index in [0.29, 0.717) is 36.7 Å². The number of amides is 1. The lowest BCUT2D eigenvalue weighted by Crippen LogP contribution is -2.48. The Hall–Kier alpha value is -0.960. The van der Waals surface area contributed by atoms with E-state index in [2.05, 4.69) is 5.32 Å². The van der Waals surface area contributed by atoms with Crippen LogP contribution < -0.4 is 5.32 Å². The summed E-state index contributed by atoms with van der Waals surface area (Å²) in [5, 5.41) is 4.75. The lowest BCUT2D eigenvalue weighted by Gasteiger charge is -2.31. The SMILES string of the molecule is O=C(NC1CCN(S(=O)(=O)c2cccs2)CC1)C1CCCO1. The molecule has 1 N–H and O–H groups in total. The van der Waals surface area contributed by atoms with Crippen molar-refractivity contribution in [3.63, 3.8) is 0 Å². The molecule has 1 aromatic heterocycles. The molecule has 2 saturated heterocycles. The number of piperidine rings is 1. The van der Waals surface area contributed by atoms with Gasteiger partial charge in [0.05, 0.1) is 0 Å². The van der Waals surface area contributed by atoms with E-state index in [0.717, 1.165) is 12.8 Å². The van der Waals surface area contributed by atoms with E-state index < -0.39 is 10.0 Å². The van der Waals surface area contributed by atoms with Gasteiger partial charge < -0.3 is 10.1 Å². The average molecular weight is 344 g/mol. The van der Waals surface area contributed by atoms with E-state index >= 15 is 0 Å². The summed E-state index contributed by atoms with van der Waals surface area (Å²) in [7, 11) is -3.37. The molecule has 122 valence electrons. The van der Waals surface area contributed by atoms with Crippen molar-refractivity contribution in [2.45, 2.75) is 42.0 Å². The second-order valence-corrected chi connectivity index (χ2v) is 8.73. The van der Waals surface area contributed by atoms with Crippen molar-refractivity contribution < 1.29 is 17.9 Å². The van der Waals surface area contributed by atoms with E-state index in [-0.39, 0.29) is 18.1 Å². The summed E-state index contributed by atoms with van der Waals surface area (Å²) >= 11 is 1.24. The van der Waals surface area contributed by atoms with E-state index in [1.165, 1.54) is 15.6 Å². The van der Waals surface area contributed by atoms with E-state index in [1.807, 2.05) is 0 Å². The maximum Gasteiger partial charge on any atom is 0.252 e. The molecule has 6 nitrogen and oxygen atoms in total. The minimum Gasteiger partial charge on any atom is -0.368 e. The number of hydrogen-bond donors (Lipinski definition) is 1. The second-order valence-electron chi connectivity index (χ2n) is 5.62. The average Bonchev–Trinajstić information content (AvgIpc) is 3.21. The first-order chi connectivity index (χ1) is 10.6. The molecular formula is C14H20N2O4S2. The number of carbonyl (C=O) groups is 1. The number of nitrogens with one attached hydrogen (secondary N) is 1. The van der Waals surface area contributed by atoms with Crippen molar-refractivity contribution in [2.75, 3.05) is 19.7 Å².